The summed E-state index contributed by atoms with van der Waals surface area (Å²) in [4.78, 5) is 36.8. The van der Waals surface area contributed by atoms with Crippen LogP contribution in [0.15, 0.2) is 53.8 Å². The van der Waals surface area contributed by atoms with E-state index in [-0.39, 0.29) is 16.9 Å². The van der Waals surface area contributed by atoms with Gasteiger partial charge in [0.2, 0.25) is 5.76 Å². The molecule has 0 unspecified atom stereocenters. The minimum atomic E-state index is -0.726. The Labute approximate surface area is 116 Å². The van der Waals surface area contributed by atoms with Crippen molar-refractivity contribution in [3.05, 3.63) is 53.8 Å². The van der Waals surface area contributed by atoms with Gasteiger partial charge in [-0.15, -0.1) is 0 Å². The van der Waals surface area contributed by atoms with Gasteiger partial charge in [0.25, 0.3) is 5.91 Å². The minimum absolute atomic E-state index is 0.105. The maximum atomic E-state index is 12.2. The van der Waals surface area contributed by atoms with Crippen LogP contribution in [0, 0.1) is 0 Å². The molecule has 20 heavy (non-hydrogen) atoms. The van der Waals surface area contributed by atoms with Crippen molar-refractivity contribution in [1.29, 1.82) is 0 Å². The summed E-state index contributed by atoms with van der Waals surface area (Å²) in [5.41, 5.74) is 0.695. The predicted molar refractivity (Wildman–Crippen MR) is 72.5 cm³/mol. The maximum Gasteiger partial charge on any atom is 0.338 e. The summed E-state index contributed by atoms with van der Waals surface area (Å²) in [7, 11) is 0. The lowest BCUT2D eigenvalue weighted by atomic mass is 10.2. The fourth-order valence-electron chi connectivity index (χ4n) is 1.73. The largest absolute Gasteiger partial charge is 0.417 e. The van der Waals surface area contributed by atoms with Gasteiger partial charge in [0, 0.05) is 5.57 Å². The van der Waals surface area contributed by atoms with Gasteiger partial charge in [-0.3, -0.25) is 9.59 Å². The van der Waals surface area contributed by atoms with E-state index in [1.54, 1.807) is 30.3 Å². The van der Waals surface area contributed by atoms with Crippen molar-refractivity contribution in [2.24, 2.45) is 0 Å². The van der Waals surface area contributed by atoms with Crippen LogP contribution in [0.2, 0.25) is 0 Å². The molecule has 2 rings (SSSR count). The number of anilines is 1. The standard InChI is InChI=1S/C15H13NO4/c1-9(2)15(19)20-12-10(3)13(17)16(14(12)18)11-7-5-4-6-8-11/h4-8H,1H2,2-3H3. The maximum absolute atomic E-state index is 12.2. The molecule has 1 aromatic carbocycles. The van der Waals surface area contributed by atoms with Crippen LogP contribution in [0.4, 0.5) is 5.69 Å². The van der Waals surface area contributed by atoms with E-state index < -0.39 is 17.8 Å². The summed E-state index contributed by atoms with van der Waals surface area (Å²) in [5.74, 6) is -2.11. The summed E-state index contributed by atoms with van der Waals surface area (Å²) >= 11 is 0. The highest BCUT2D eigenvalue weighted by atomic mass is 16.5. The molecule has 2 amide bonds. The van der Waals surface area contributed by atoms with E-state index in [0.29, 0.717) is 5.69 Å². The molecule has 1 heterocycles. The lowest BCUT2D eigenvalue weighted by Crippen LogP contribution is -2.32. The summed E-state index contributed by atoms with van der Waals surface area (Å²) in [6.07, 6.45) is 0. The van der Waals surface area contributed by atoms with Crippen LogP contribution in [0.3, 0.4) is 0 Å². The monoisotopic (exact) mass is 271 g/mol. The Morgan fingerprint density at radius 2 is 1.75 bits per heavy atom. The van der Waals surface area contributed by atoms with Crippen molar-refractivity contribution in [1.82, 2.24) is 0 Å². The summed E-state index contributed by atoms with van der Waals surface area (Å²) in [5, 5.41) is 0. The van der Waals surface area contributed by atoms with Crippen LogP contribution in [-0.4, -0.2) is 17.8 Å². The number of benzene rings is 1. The SMILES string of the molecule is C=C(C)C(=O)OC1=C(C)C(=O)N(c2ccccc2)C1=O. The van der Waals surface area contributed by atoms with Gasteiger partial charge in [-0.2, -0.15) is 0 Å². The van der Waals surface area contributed by atoms with Crippen molar-refractivity contribution in [3.8, 4) is 0 Å². The summed E-state index contributed by atoms with van der Waals surface area (Å²) in [6.45, 7) is 6.35. The smallest absolute Gasteiger partial charge is 0.338 e. The van der Waals surface area contributed by atoms with Gasteiger partial charge in [0.05, 0.1) is 11.3 Å². The molecule has 5 nitrogen and oxygen atoms in total. The molecule has 102 valence electrons. The zero-order valence-corrected chi connectivity index (χ0v) is 11.2. The molecule has 5 heteroatoms. The number of imide groups is 1. The van der Waals surface area contributed by atoms with Gasteiger partial charge < -0.3 is 4.74 Å². The van der Waals surface area contributed by atoms with E-state index in [1.165, 1.54) is 13.8 Å². The number of carbonyl (C=O) groups is 3. The molecule has 0 saturated heterocycles. The summed E-state index contributed by atoms with van der Waals surface area (Å²) < 4.78 is 4.95. The van der Waals surface area contributed by atoms with Gasteiger partial charge >= 0.3 is 11.9 Å². The summed E-state index contributed by atoms with van der Waals surface area (Å²) in [6, 6.07) is 8.46. The van der Waals surface area contributed by atoms with E-state index in [9.17, 15) is 14.4 Å². The first-order valence-corrected chi connectivity index (χ1v) is 5.96. The van der Waals surface area contributed by atoms with E-state index in [2.05, 4.69) is 6.58 Å². The van der Waals surface area contributed by atoms with E-state index in [0.717, 1.165) is 4.90 Å². The Morgan fingerprint density at radius 3 is 2.30 bits per heavy atom. The molecule has 0 aliphatic carbocycles. The van der Waals surface area contributed by atoms with Crippen LogP contribution in [-0.2, 0) is 19.1 Å². The zero-order valence-electron chi connectivity index (χ0n) is 11.2. The van der Waals surface area contributed by atoms with Crippen molar-refractivity contribution < 1.29 is 19.1 Å². The highest BCUT2D eigenvalue weighted by molar-refractivity contribution is 6.32. The molecule has 0 N–H and O–H groups in total. The van der Waals surface area contributed by atoms with Crippen molar-refractivity contribution in [3.63, 3.8) is 0 Å². The van der Waals surface area contributed by atoms with Crippen LogP contribution in [0.1, 0.15) is 13.8 Å². The lowest BCUT2D eigenvalue weighted by Gasteiger charge is -2.14. The second-order valence-electron chi connectivity index (χ2n) is 4.41. The number of rotatable bonds is 3. The number of amides is 2. The highest BCUT2D eigenvalue weighted by Gasteiger charge is 2.39. The second kappa shape index (κ2) is 5.13. The number of hydrogen-bond donors (Lipinski definition) is 0. The average Bonchev–Trinajstić information content (AvgIpc) is 2.63. The normalized spacial score (nSPS) is 14.8. The number of carbonyl (C=O) groups excluding carboxylic acids is 3. The number of hydrogen-bond acceptors (Lipinski definition) is 4. The topological polar surface area (TPSA) is 63.7 Å². The minimum Gasteiger partial charge on any atom is -0.417 e. The van der Waals surface area contributed by atoms with Crippen LogP contribution >= 0.6 is 0 Å². The predicted octanol–water partition coefficient (Wildman–Crippen LogP) is 1.95. The van der Waals surface area contributed by atoms with Crippen molar-refractivity contribution in [2.45, 2.75) is 13.8 Å². The fraction of sp³-hybridized carbons (Fsp3) is 0.133. The van der Waals surface area contributed by atoms with E-state index in [4.69, 9.17) is 4.74 Å². The number of nitrogens with zero attached hydrogens (tertiary/aromatic N) is 1. The average molecular weight is 271 g/mol. The first kappa shape index (κ1) is 13.7. The Kier molecular flexibility index (Phi) is 3.52. The third kappa shape index (κ3) is 2.25. The molecule has 0 spiro atoms. The van der Waals surface area contributed by atoms with Crippen molar-refractivity contribution in [2.75, 3.05) is 4.90 Å². The first-order chi connectivity index (χ1) is 9.43. The van der Waals surface area contributed by atoms with Gasteiger partial charge in [0.15, 0.2) is 0 Å². The van der Waals surface area contributed by atoms with Crippen molar-refractivity contribution >= 4 is 23.5 Å². The Hall–Kier alpha value is -2.69. The number of para-hydroxylation sites is 1. The third-order valence-electron chi connectivity index (χ3n) is 2.82. The Bertz CT molecular complexity index is 643. The van der Waals surface area contributed by atoms with Gasteiger partial charge in [-0.05, 0) is 26.0 Å². The molecule has 1 aliphatic heterocycles. The molecule has 1 aliphatic rings. The molecule has 0 bridgehead atoms. The quantitative estimate of drug-likeness (QED) is 0.479. The van der Waals surface area contributed by atoms with Crippen LogP contribution in [0.5, 0.6) is 0 Å². The highest BCUT2D eigenvalue weighted by Crippen LogP contribution is 2.27. The van der Waals surface area contributed by atoms with E-state index in [1.807, 2.05) is 0 Å². The third-order valence-corrected chi connectivity index (χ3v) is 2.82. The molecule has 0 saturated carbocycles. The molecule has 0 radical (unpaired) electrons. The first-order valence-electron chi connectivity index (χ1n) is 5.96. The van der Waals surface area contributed by atoms with Gasteiger partial charge in [0.1, 0.15) is 0 Å². The molecular formula is C15H13NO4. The molecule has 0 aromatic heterocycles. The van der Waals surface area contributed by atoms with E-state index >= 15 is 0 Å². The number of esters is 1. The fourth-order valence-corrected chi connectivity index (χ4v) is 1.73. The Morgan fingerprint density at radius 1 is 1.15 bits per heavy atom. The number of ether oxygens (including phenoxy) is 1. The molecule has 0 atom stereocenters. The molecule has 1 aromatic rings. The van der Waals surface area contributed by atoms with Crippen LogP contribution in [0.25, 0.3) is 0 Å². The van der Waals surface area contributed by atoms with Gasteiger partial charge in [-0.1, -0.05) is 24.8 Å². The van der Waals surface area contributed by atoms with Crippen LogP contribution < -0.4 is 4.90 Å². The molecular weight excluding hydrogens is 258 g/mol. The lowest BCUT2D eigenvalue weighted by molar-refractivity contribution is -0.138. The zero-order chi connectivity index (χ0) is 14.9. The van der Waals surface area contributed by atoms with Gasteiger partial charge in [-0.25, -0.2) is 9.69 Å². The second-order valence-corrected chi connectivity index (χ2v) is 4.41. The Balaban J connectivity index is 2.33. The molecule has 0 fully saturated rings.